The summed E-state index contributed by atoms with van der Waals surface area (Å²) in [5.41, 5.74) is 2.00. The third-order valence-corrected chi connectivity index (χ3v) is 5.43. The highest BCUT2D eigenvalue weighted by atomic mass is 79.9. The van der Waals surface area contributed by atoms with Gasteiger partial charge in [0.05, 0.1) is 0 Å². The molecule has 0 radical (unpaired) electrons. The predicted octanol–water partition coefficient (Wildman–Crippen LogP) is 3.86. The van der Waals surface area contributed by atoms with E-state index >= 15 is 0 Å². The van der Waals surface area contributed by atoms with Gasteiger partial charge >= 0.3 is 0 Å². The summed E-state index contributed by atoms with van der Waals surface area (Å²) in [6.07, 6.45) is 3.72. The summed E-state index contributed by atoms with van der Waals surface area (Å²) < 4.78 is 1.02. The molecule has 3 rings (SSSR count). The summed E-state index contributed by atoms with van der Waals surface area (Å²) in [5.74, 6) is 1.42. The van der Waals surface area contributed by atoms with Crippen LogP contribution in [0, 0.1) is 11.8 Å². The summed E-state index contributed by atoms with van der Waals surface area (Å²) in [6, 6.07) is 6.19. The normalized spacial score (nSPS) is 32.9. The van der Waals surface area contributed by atoms with E-state index < -0.39 is 0 Å². The van der Waals surface area contributed by atoms with Crippen molar-refractivity contribution in [3.8, 4) is 0 Å². The molecule has 4 atom stereocenters. The average molecular weight is 337 g/mol. The van der Waals surface area contributed by atoms with Crippen LogP contribution >= 0.6 is 15.9 Å². The SMILES string of the molecule is CC1CCCC(NC2C(=O)Nc3ccc(Br)cc32)C1C. The van der Waals surface area contributed by atoms with E-state index in [9.17, 15) is 4.79 Å². The molecule has 4 heteroatoms. The van der Waals surface area contributed by atoms with Crippen LogP contribution in [0.5, 0.6) is 0 Å². The molecule has 0 spiro atoms. The fourth-order valence-electron chi connectivity index (χ4n) is 3.43. The number of hydrogen-bond acceptors (Lipinski definition) is 2. The number of amides is 1. The van der Waals surface area contributed by atoms with Gasteiger partial charge in [0, 0.05) is 21.8 Å². The van der Waals surface area contributed by atoms with E-state index in [0.717, 1.165) is 21.6 Å². The van der Waals surface area contributed by atoms with Crippen LogP contribution in [-0.2, 0) is 4.79 Å². The molecule has 0 saturated heterocycles. The predicted molar refractivity (Wildman–Crippen MR) is 84.6 cm³/mol. The Morgan fingerprint density at radius 3 is 2.90 bits per heavy atom. The standard InChI is InChI=1S/C16H21BrN2O/c1-9-4-3-5-13(10(9)2)18-15-12-8-11(17)6-7-14(12)19-16(15)20/h6-10,13,15,18H,3-5H2,1-2H3,(H,19,20). The van der Waals surface area contributed by atoms with E-state index in [-0.39, 0.29) is 11.9 Å². The van der Waals surface area contributed by atoms with E-state index in [4.69, 9.17) is 0 Å². The highest BCUT2D eigenvalue weighted by Crippen LogP contribution is 2.36. The Hall–Kier alpha value is -0.870. The van der Waals surface area contributed by atoms with Gasteiger partial charge in [0.25, 0.3) is 0 Å². The van der Waals surface area contributed by atoms with Crippen LogP contribution in [-0.4, -0.2) is 11.9 Å². The molecule has 4 unspecified atom stereocenters. The zero-order valence-electron chi connectivity index (χ0n) is 11.9. The topological polar surface area (TPSA) is 41.1 Å². The molecule has 20 heavy (non-hydrogen) atoms. The second-order valence-corrected chi connectivity index (χ2v) is 7.11. The lowest BCUT2D eigenvalue weighted by Crippen LogP contribution is -2.44. The zero-order valence-corrected chi connectivity index (χ0v) is 13.5. The van der Waals surface area contributed by atoms with Crippen LogP contribution < -0.4 is 10.6 Å². The Bertz CT molecular complexity index is 531. The Morgan fingerprint density at radius 2 is 2.10 bits per heavy atom. The number of benzene rings is 1. The molecule has 0 bridgehead atoms. The number of nitrogens with one attached hydrogen (secondary N) is 2. The van der Waals surface area contributed by atoms with Gasteiger partial charge in [-0.2, -0.15) is 0 Å². The number of hydrogen-bond donors (Lipinski definition) is 2. The molecule has 1 aliphatic carbocycles. The van der Waals surface area contributed by atoms with Crippen LogP contribution in [0.1, 0.15) is 44.7 Å². The minimum absolute atomic E-state index is 0.0727. The number of carbonyl (C=O) groups excluding carboxylic acids is 1. The molecule has 1 aliphatic heterocycles. The Morgan fingerprint density at radius 1 is 1.30 bits per heavy atom. The molecule has 1 heterocycles. The van der Waals surface area contributed by atoms with Gasteiger partial charge in [0.2, 0.25) is 5.91 Å². The van der Waals surface area contributed by atoms with Gasteiger partial charge in [0.15, 0.2) is 0 Å². The van der Waals surface area contributed by atoms with Crippen molar-refractivity contribution in [2.45, 2.75) is 45.2 Å². The Labute approximate surface area is 128 Å². The van der Waals surface area contributed by atoms with Gasteiger partial charge in [-0.3, -0.25) is 10.1 Å². The molecular weight excluding hydrogens is 316 g/mol. The lowest BCUT2D eigenvalue weighted by Gasteiger charge is -2.36. The minimum Gasteiger partial charge on any atom is -0.324 e. The second-order valence-electron chi connectivity index (χ2n) is 6.19. The molecule has 3 nitrogen and oxygen atoms in total. The summed E-state index contributed by atoms with van der Waals surface area (Å²) in [4.78, 5) is 12.2. The van der Waals surface area contributed by atoms with Crippen molar-refractivity contribution < 1.29 is 4.79 Å². The summed E-state index contributed by atoms with van der Waals surface area (Å²) in [5, 5.41) is 6.57. The van der Waals surface area contributed by atoms with Crippen molar-refractivity contribution in [1.82, 2.24) is 5.32 Å². The summed E-state index contributed by atoms with van der Waals surface area (Å²) in [6.45, 7) is 4.62. The maximum absolute atomic E-state index is 12.2. The average Bonchev–Trinajstić information content (AvgIpc) is 2.71. The number of halogens is 1. The van der Waals surface area contributed by atoms with Gasteiger partial charge in [-0.25, -0.2) is 0 Å². The van der Waals surface area contributed by atoms with E-state index in [1.165, 1.54) is 19.3 Å². The van der Waals surface area contributed by atoms with Crippen molar-refractivity contribution >= 4 is 27.5 Å². The number of carbonyl (C=O) groups is 1. The van der Waals surface area contributed by atoms with Crippen molar-refractivity contribution in [1.29, 1.82) is 0 Å². The largest absolute Gasteiger partial charge is 0.324 e. The van der Waals surface area contributed by atoms with Crippen molar-refractivity contribution in [2.75, 3.05) is 5.32 Å². The van der Waals surface area contributed by atoms with Crippen LogP contribution in [0.15, 0.2) is 22.7 Å². The van der Waals surface area contributed by atoms with E-state index in [0.29, 0.717) is 12.0 Å². The van der Waals surface area contributed by atoms with E-state index in [1.54, 1.807) is 0 Å². The van der Waals surface area contributed by atoms with Crippen LogP contribution in [0.2, 0.25) is 0 Å². The monoisotopic (exact) mass is 336 g/mol. The highest BCUT2D eigenvalue weighted by Gasteiger charge is 2.35. The molecule has 1 fully saturated rings. The lowest BCUT2D eigenvalue weighted by atomic mass is 9.77. The highest BCUT2D eigenvalue weighted by molar-refractivity contribution is 9.10. The van der Waals surface area contributed by atoms with Gasteiger partial charge < -0.3 is 5.32 Å². The molecule has 1 amide bonds. The number of fused-ring (bicyclic) bond motifs is 1. The first-order valence-electron chi connectivity index (χ1n) is 7.42. The molecule has 108 valence electrons. The quantitative estimate of drug-likeness (QED) is 0.860. The minimum atomic E-state index is -0.208. The van der Waals surface area contributed by atoms with Crippen LogP contribution in [0.4, 0.5) is 5.69 Å². The van der Waals surface area contributed by atoms with Gasteiger partial charge in [-0.1, -0.05) is 42.6 Å². The molecule has 1 saturated carbocycles. The summed E-state index contributed by atoms with van der Waals surface area (Å²) in [7, 11) is 0. The smallest absolute Gasteiger partial charge is 0.246 e. The molecular formula is C16H21BrN2O. The maximum Gasteiger partial charge on any atom is 0.246 e. The fraction of sp³-hybridized carbons (Fsp3) is 0.562. The molecule has 1 aromatic rings. The summed E-state index contributed by atoms with van der Waals surface area (Å²) >= 11 is 3.49. The Balaban J connectivity index is 1.81. The second kappa shape index (κ2) is 5.49. The fourth-order valence-corrected chi connectivity index (χ4v) is 3.81. The number of rotatable bonds is 2. The first kappa shape index (κ1) is 14.1. The lowest BCUT2D eigenvalue weighted by molar-refractivity contribution is -0.118. The van der Waals surface area contributed by atoms with E-state index in [2.05, 4.69) is 40.4 Å². The number of anilines is 1. The third kappa shape index (κ3) is 2.51. The van der Waals surface area contributed by atoms with Crippen LogP contribution in [0.3, 0.4) is 0 Å². The van der Waals surface area contributed by atoms with Crippen molar-refractivity contribution in [3.63, 3.8) is 0 Å². The Kier molecular flexibility index (Phi) is 3.87. The molecule has 1 aromatic carbocycles. The molecule has 0 aromatic heterocycles. The first-order chi connectivity index (χ1) is 9.56. The van der Waals surface area contributed by atoms with Crippen LogP contribution in [0.25, 0.3) is 0 Å². The van der Waals surface area contributed by atoms with Gasteiger partial charge in [0.1, 0.15) is 6.04 Å². The van der Waals surface area contributed by atoms with Gasteiger partial charge in [-0.05, 0) is 36.5 Å². The van der Waals surface area contributed by atoms with Crippen molar-refractivity contribution in [3.05, 3.63) is 28.2 Å². The maximum atomic E-state index is 12.2. The third-order valence-electron chi connectivity index (χ3n) is 4.93. The zero-order chi connectivity index (χ0) is 14.3. The first-order valence-corrected chi connectivity index (χ1v) is 8.22. The van der Waals surface area contributed by atoms with E-state index in [1.807, 2.05) is 18.2 Å². The van der Waals surface area contributed by atoms with Gasteiger partial charge in [-0.15, -0.1) is 0 Å². The molecule has 2 N–H and O–H groups in total. The van der Waals surface area contributed by atoms with Crippen molar-refractivity contribution in [2.24, 2.45) is 11.8 Å². The molecule has 2 aliphatic rings.